The first-order valence-corrected chi connectivity index (χ1v) is 8.68. The van der Waals surface area contributed by atoms with Crippen molar-refractivity contribution in [2.45, 2.75) is 44.6 Å². The second-order valence-electron chi connectivity index (χ2n) is 6.52. The van der Waals surface area contributed by atoms with Crippen LogP contribution in [0.15, 0.2) is 24.8 Å². The summed E-state index contributed by atoms with van der Waals surface area (Å²) in [5.74, 6) is 0.791. The minimum atomic E-state index is -0.387. The van der Waals surface area contributed by atoms with Crippen molar-refractivity contribution in [3.05, 3.63) is 36.2 Å². The molecule has 8 nitrogen and oxygen atoms in total. The molecule has 3 heterocycles. The van der Waals surface area contributed by atoms with Gasteiger partial charge in [-0.3, -0.25) is 14.7 Å². The monoisotopic (exact) mass is 344 g/mol. The van der Waals surface area contributed by atoms with Crippen LogP contribution in [-0.4, -0.2) is 49.6 Å². The second kappa shape index (κ2) is 7.96. The maximum Gasteiger partial charge on any atom is 0.237 e. The number of nitrogens with zero attached hydrogens (tertiary/aromatic N) is 4. The molecule has 0 saturated carbocycles. The Balaban J connectivity index is 1.54. The van der Waals surface area contributed by atoms with E-state index in [1.165, 1.54) is 0 Å². The number of nitrogens with one attached hydrogen (secondary N) is 1. The summed E-state index contributed by atoms with van der Waals surface area (Å²) >= 11 is 0. The van der Waals surface area contributed by atoms with Crippen molar-refractivity contribution < 1.29 is 9.59 Å². The van der Waals surface area contributed by atoms with E-state index in [0.29, 0.717) is 13.0 Å². The normalized spacial score (nSPS) is 17.6. The van der Waals surface area contributed by atoms with E-state index in [0.717, 1.165) is 43.6 Å². The Bertz CT molecular complexity index is 709. The molecule has 2 aromatic heterocycles. The van der Waals surface area contributed by atoms with E-state index in [1.54, 1.807) is 23.2 Å². The number of H-pyrrole nitrogens is 1. The van der Waals surface area contributed by atoms with Gasteiger partial charge in [0, 0.05) is 44.0 Å². The van der Waals surface area contributed by atoms with Crippen molar-refractivity contribution >= 4 is 11.8 Å². The van der Waals surface area contributed by atoms with Gasteiger partial charge in [0.25, 0.3) is 0 Å². The highest BCUT2D eigenvalue weighted by molar-refractivity contribution is 5.76. The molecule has 1 aliphatic heterocycles. The van der Waals surface area contributed by atoms with Crippen molar-refractivity contribution in [3.8, 4) is 0 Å². The molecule has 0 bridgehead atoms. The average Bonchev–Trinajstić information content (AvgIpc) is 3.26. The number of carbonyl (C=O) groups is 2. The lowest BCUT2D eigenvalue weighted by molar-refractivity contribution is -0.132. The fourth-order valence-electron chi connectivity index (χ4n) is 3.41. The molecule has 25 heavy (non-hydrogen) atoms. The van der Waals surface area contributed by atoms with Crippen molar-refractivity contribution in [3.63, 3.8) is 0 Å². The zero-order chi connectivity index (χ0) is 17.6. The number of piperidine rings is 1. The molecule has 0 aliphatic carbocycles. The lowest BCUT2D eigenvalue weighted by Gasteiger charge is -2.32. The van der Waals surface area contributed by atoms with E-state index in [-0.39, 0.29) is 24.3 Å². The third-order valence-corrected chi connectivity index (χ3v) is 4.62. The molecule has 1 saturated heterocycles. The zero-order valence-electron chi connectivity index (χ0n) is 14.2. The Kier molecular flexibility index (Phi) is 5.47. The van der Waals surface area contributed by atoms with Crippen molar-refractivity contribution in [1.82, 2.24) is 24.6 Å². The Morgan fingerprint density at radius 2 is 2.28 bits per heavy atom. The lowest BCUT2D eigenvalue weighted by Crippen LogP contribution is -2.40. The Morgan fingerprint density at radius 3 is 3.04 bits per heavy atom. The summed E-state index contributed by atoms with van der Waals surface area (Å²) in [6.45, 7) is 1.57. The minimum Gasteiger partial charge on any atom is -0.368 e. The highest BCUT2D eigenvalue weighted by Crippen LogP contribution is 2.26. The number of amides is 2. The van der Waals surface area contributed by atoms with Crippen LogP contribution < -0.4 is 5.73 Å². The number of carbonyl (C=O) groups excluding carboxylic acids is 2. The van der Waals surface area contributed by atoms with E-state index in [2.05, 4.69) is 15.2 Å². The highest BCUT2D eigenvalue weighted by Gasteiger charge is 2.27. The predicted octanol–water partition coefficient (Wildman–Crippen LogP) is 0.820. The zero-order valence-corrected chi connectivity index (χ0v) is 14.2. The topological polar surface area (TPSA) is 110 Å². The molecule has 0 aromatic carbocycles. The van der Waals surface area contributed by atoms with Gasteiger partial charge in [0.05, 0.1) is 6.20 Å². The van der Waals surface area contributed by atoms with Crippen LogP contribution in [0, 0.1) is 0 Å². The highest BCUT2D eigenvalue weighted by atomic mass is 16.2. The standard InChI is InChI=1S/C17H24N6O2/c18-15(24)12-23-8-6-19-17(23)14-4-2-7-22(11-14)16(25)5-1-3-13-9-20-21-10-13/h6,8-10,14H,1-5,7,11-12H2,(H2,18,24)(H,20,21)/t14-/m0/s1. The van der Waals surface area contributed by atoms with Crippen LogP contribution in [0.3, 0.4) is 0 Å². The molecule has 2 aromatic rings. The van der Waals surface area contributed by atoms with Gasteiger partial charge in [-0.05, 0) is 31.2 Å². The van der Waals surface area contributed by atoms with Gasteiger partial charge < -0.3 is 15.2 Å². The molecule has 2 amide bonds. The van der Waals surface area contributed by atoms with E-state index in [9.17, 15) is 9.59 Å². The molecule has 0 radical (unpaired) electrons. The lowest BCUT2D eigenvalue weighted by atomic mass is 9.96. The first-order chi connectivity index (χ1) is 12.1. The molecular weight excluding hydrogens is 320 g/mol. The SMILES string of the molecule is NC(=O)Cn1ccnc1[C@H]1CCCN(C(=O)CCCc2cn[nH]c2)C1. The van der Waals surface area contributed by atoms with Crippen molar-refractivity contribution in [2.24, 2.45) is 5.73 Å². The van der Waals surface area contributed by atoms with Crippen molar-refractivity contribution in [1.29, 1.82) is 0 Å². The first kappa shape index (κ1) is 17.2. The van der Waals surface area contributed by atoms with E-state index >= 15 is 0 Å². The van der Waals surface area contributed by atoms with Crippen molar-refractivity contribution in [2.75, 3.05) is 13.1 Å². The number of nitrogens with two attached hydrogens (primary N) is 1. The first-order valence-electron chi connectivity index (χ1n) is 8.68. The van der Waals surface area contributed by atoms with Gasteiger partial charge in [0.1, 0.15) is 12.4 Å². The van der Waals surface area contributed by atoms with Gasteiger partial charge in [-0.1, -0.05) is 0 Å². The van der Waals surface area contributed by atoms with Crippen LogP contribution in [-0.2, 0) is 22.6 Å². The fourth-order valence-corrected chi connectivity index (χ4v) is 3.41. The number of hydrogen-bond acceptors (Lipinski definition) is 4. The molecule has 3 rings (SSSR count). The number of aryl methyl sites for hydroxylation is 1. The summed E-state index contributed by atoms with van der Waals surface area (Å²) in [6.07, 6.45) is 11.2. The Morgan fingerprint density at radius 1 is 1.40 bits per heavy atom. The van der Waals surface area contributed by atoms with E-state index in [4.69, 9.17) is 5.73 Å². The average molecular weight is 344 g/mol. The molecule has 0 spiro atoms. The third-order valence-electron chi connectivity index (χ3n) is 4.62. The second-order valence-corrected chi connectivity index (χ2v) is 6.52. The molecule has 1 atom stereocenters. The number of primary amides is 1. The number of imidazole rings is 1. The number of aromatic amines is 1. The molecule has 1 fully saturated rings. The van der Waals surface area contributed by atoms with Gasteiger partial charge >= 0.3 is 0 Å². The summed E-state index contributed by atoms with van der Waals surface area (Å²) in [4.78, 5) is 30.0. The quantitative estimate of drug-likeness (QED) is 0.775. The third kappa shape index (κ3) is 4.46. The number of rotatable bonds is 7. The van der Waals surface area contributed by atoms with Crippen LogP contribution in [0.4, 0.5) is 0 Å². The van der Waals surface area contributed by atoms with Crippen LogP contribution >= 0.6 is 0 Å². The van der Waals surface area contributed by atoms with Crippen LogP contribution in [0.1, 0.15) is 43.0 Å². The van der Waals surface area contributed by atoms with Crippen LogP contribution in [0.25, 0.3) is 0 Å². The van der Waals surface area contributed by atoms with E-state index in [1.807, 2.05) is 11.1 Å². The summed E-state index contributed by atoms with van der Waals surface area (Å²) in [5, 5.41) is 6.70. The van der Waals surface area contributed by atoms with Gasteiger partial charge in [-0.25, -0.2) is 4.98 Å². The van der Waals surface area contributed by atoms with Gasteiger partial charge in [0.15, 0.2) is 0 Å². The molecule has 8 heteroatoms. The van der Waals surface area contributed by atoms with E-state index < -0.39 is 0 Å². The maximum atomic E-state index is 12.5. The molecule has 1 aliphatic rings. The number of hydrogen-bond donors (Lipinski definition) is 2. The maximum absolute atomic E-state index is 12.5. The smallest absolute Gasteiger partial charge is 0.237 e. The Hall–Kier alpha value is -2.64. The van der Waals surface area contributed by atoms with Gasteiger partial charge in [0.2, 0.25) is 11.8 Å². The summed E-state index contributed by atoms with van der Waals surface area (Å²) in [6, 6.07) is 0. The summed E-state index contributed by atoms with van der Waals surface area (Å²) < 4.78 is 1.79. The van der Waals surface area contributed by atoms with Gasteiger partial charge in [-0.15, -0.1) is 0 Å². The molecule has 0 unspecified atom stereocenters. The fraction of sp³-hybridized carbons (Fsp3) is 0.529. The van der Waals surface area contributed by atoms with Gasteiger partial charge in [-0.2, -0.15) is 5.10 Å². The molecule has 3 N–H and O–H groups in total. The molecular formula is C17H24N6O2. The summed E-state index contributed by atoms with van der Waals surface area (Å²) in [5.41, 5.74) is 6.42. The molecule has 134 valence electrons. The van der Waals surface area contributed by atoms with Crippen LogP contribution in [0.2, 0.25) is 0 Å². The number of likely N-dealkylation sites (tertiary alicyclic amines) is 1. The predicted molar refractivity (Wildman–Crippen MR) is 91.5 cm³/mol. The Labute approximate surface area is 146 Å². The largest absolute Gasteiger partial charge is 0.368 e. The van der Waals surface area contributed by atoms with Crippen LogP contribution in [0.5, 0.6) is 0 Å². The number of aromatic nitrogens is 4. The summed E-state index contributed by atoms with van der Waals surface area (Å²) in [7, 11) is 0. The minimum absolute atomic E-state index is 0.129.